The molecule has 7 nitrogen and oxygen atoms in total. The number of rotatable bonds is 3. The van der Waals surface area contributed by atoms with Crippen LogP contribution in [0.1, 0.15) is 69.4 Å². The van der Waals surface area contributed by atoms with E-state index in [9.17, 15) is 9.59 Å². The molecule has 2 amide bonds. The molecule has 0 aromatic carbocycles. The fraction of sp³-hybridized carbons (Fsp3) is 0.545. The molecule has 2 aromatic heterocycles. The second-order valence-corrected chi connectivity index (χ2v) is 8.37. The first-order valence-electron chi connectivity index (χ1n) is 10.5. The van der Waals surface area contributed by atoms with Crippen molar-refractivity contribution in [2.45, 2.75) is 44.4 Å². The number of aromatic nitrogens is 3. The van der Waals surface area contributed by atoms with Crippen LogP contribution in [0.3, 0.4) is 0 Å². The lowest BCUT2D eigenvalue weighted by Gasteiger charge is -2.33. The molecule has 0 saturated carbocycles. The molecule has 3 heterocycles. The van der Waals surface area contributed by atoms with Crippen LogP contribution in [0.25, 0.3) is 0 Å². The number of hydrogen-bond acceptors (Lipinski definition) is 4. The molecule has 0 bridgehead atoms. The molecule has 154 valence electrons. The van der Waals surface area contributed by atoms with Crippen LogP contribution in [0.15, 0.2) is 18.3 Å². The number of nitrogens with zero attached hydrogens (tertiary/aromatic N) is 5. The quantitative estimate of drug-likeness (QED) is 0.800. The van der Waals surface area contributed by atoms with Gasteiger partial charge in [0.1, 0.15) is 5.69 Å². The number of amides is 2. The van der Waals surface area contributed by atoms with E-state index in [4.69, 9.17) is 0 Å². The summed E-state index contributed by atoms with van der Waals surface area (Å²) in [6, 6.07) is 3.77. The van der Waals surface area contributed by atoms with Crippen LogP contribution < -0.4 is 0 Å². The number of likely N-dealkylation sites (tertiary alicyclic amines) is 1. The molecule has 1 fully saturated rings. The van der Waals surface area contributed by atoms with Crippen LogP contribution in [0.4, 0.5) is 0 Å². The number of aryl methyl sites for hydroxylation is 2. The largest absolute Gasteiger partial charge is 0.345 e. The third-order valence-corrected chi connectivity index (χ3v) is 6.09. The molecule has 2 aliphatic rings. The van der Waals surface area contributed by atoms with Crippen molar-refractivity contribution in [3.8, 4) is 0 Å². The van der Waals surface area contributed by atoms with E-state index in [2.05, 4.69) is 10.1 Å². The predicted molar refractivity (Wildman–Crippen MR) is 110 cm³/mol. The molecule has 0 N–H and O–H groups in total. The van der Waals surface area contributed by atoms with Crippen LogP contribution in [0, 0.1) is 0 Å². The molecule has 0 unspecified atom stereocenters. The molecule has 1 atom stereocenters. The fourth-order valence-corrected chi connectivity index (χ4v) is 4.53. The summed E-state index contributed by atoms with van der Waals surface area (Å²) in [7, 11) is 5.35. The Labute approximate surface area is 171 Å². The zero-order valence-corrected chi connectivity index (χ0v) is 17.5. The SMILES string of the molecule is CN(C)C(=O)c1ccc([C@@H]2CCCN(C(=O)c3c4c(nn3C)CCCC4)C2)nc1. The molecule has 1 saturated heterocycles. The summed E-state index contributed by atoms with van der Waals surface area (Å²) in [4.78, 5) is 33.5. The minimum Gasteiger partial charge on any atom is -0.345 e. The van der Waals surface area contributed by atoms with Gasteiger partial charge in [-0.3, -0.25) is 19.3 Å². The maximum absolute atomic E-state index is 13.3. The molecule has 0 radical (unpaired) electrons. The van der Waals surface area contributed by atoms with Gasteiger partial charge in [-0.25, -0.2) is 0 Å². The van der Waals surface area contributed by atoms with Gasteiger partial charge >= 0.3 is 0 Å². The molecule has 7 heteroatoms. The molecule has 0 spiro atoms. The predicted octanol–water partition coefficient (Wildman–Crippen LogP) is 2.42. The Kier molecular flexibility index (Phi) is 5.39. The molecular weight excluding hydrogens is 366 g/mol. The van der Waals surface area contributed by atoms with E-state index < -0.39 is 0 Å². The smallest absolute Gasteiger partial charge is 0.272 e. The maximum Gasteiger partial charge on any atom is 0.272 e. The van der Waals surface area contributed by atoms with Gasteiger partial charge in [0, 0.05) is 57.6 Å². The summed E-state index contributed by atoms with van der Waals surface area (Å²) in [5, 5.41) is 4.61. The van der Waals surface area contributed by atoms with Crippen LogP contribution in [-0.2, 0) is 19.9 Å². The Morgan fingerprint density at radius 3 is 2.66 bits per heavy atom. The van der Waals surface area contributed by atoms with Gasteiger partial charge in [-0.2, -0.15) is 5.10 Å². The van der Waals surface area contributed by atoms with Crippen molar-refractivity contribution in [3.63, 3.8) is 0 Å². The average Bonchev–Trinajstić information content (AvgIpc) is 3.08. The van der Waals surface area contributed by atoms with Gasteiger partial charge in [-0.05, 0) is 50.7 Å². The molecule has 1 aliphatic carbocycles. The van der Waals surface area contributed by atoms with Gasteiger partial charge in [0.15, 0.2) is 0 Å². The Balaban J connectivity index is 1.51. The standard InChI is InChI=1S/C22H29N5O2/c1-25(2)21(28)15-10-11-18(23-13-15)16-7-6-12-27(14-16)22(29)20-17-8-4-5-9-19(17)24-26(20)3/h10-11,13,16H,4-9,12,14H2,1-3H3/t16-/m1/s1. The van der Waals surface area contributed by atoms with Gasteiger partial charge in [0.25, 0.3) is 11.8 Å². The highest BCUT2D eigenvalue weighted by atomic mass is 16.2. The topological polar surface area (TPSA) is 71.3 Å². The Bertz CT molecular complexity index is 916. The number of carbonyl (C=O) groups excluding carboxylic acids is 2. The van der Waals surface area contributed by atoms with Crippen molar-refractivity contribution >= 4 is 11.8 Å². The van der Waals surface area contributed by atoms with Gasteiger partial charge in [0.2, 0.25) is 0 Å². The average molecular weight is 396 g/mol. The number of pyridine rings is 1. The monoisotopic (exact) mass is 395 g/mol. The molecule has 4 rings (SSSR count). The maximum atomic E-state index is 13.3. The van der Waals surface area contributed by atoms with Crippen molar-refractivity contribution in [1.29, 1.82) is 0 Å². The summed E-state index contributed by atoms with van der Waals surface area (Å²) >= 11 is 0. The first-order chi connectivity index (χ1) is 14.0. The van der Waals surface area contributed by atoms with Crippen molar-refractivity contribution in [3.05, 3.63) is 46.5 Å². The highest BCUT2D eigenvalue weighted by Gasteiger charge is 2.31. The molecule has 29 heavy (non-hydrogen) atoms. The van der Waals surface area contributed by atoms with Crippen LogP contribution in [0.2, 0.25) is 0 Å². The van der Waals surface area contributed by atoms with Crippen LogP contribution >= 0.6 is 0 Å². The van der Waals surface area contributed by atoms with E-state index in [0.29, 0.717) is 12.1 Å². The molecule has 2 aromatic rings. The van der Waals surface area contributed by atoms with Crippen molar-refractivity contribution in [1.82, 2.24) is 24.6 Å². The highest BCUT2D eigenvalue weighted by molar-refractivity contribution is 5.94. The van der Waals surface area contributed by atoms with Crippen molar-refractivity contribution in [2.24, 2.45) is 7.05 Å². The Morgan fingerprint density at radius 1 is 1.14 bits per heavy atom. The van der Waals surface area contributed by atoms with E-state index in [1.165, 1.54) is 0 Å². The summed E-state index contributed by atoms with van der Waals surface area (Å²) in [5.41, 5.74) is 4.54. The van der Waals surface area contributed by atoms with E-state index in [1.807, 2.05) is 24.1 Å². The van der Waals surface area contributed by atoms with Crippen LogP contribution in [0.5, 0.6) is 0 Å². The lowest BCUT2D eigenvalue weighted by atomic mass is 9.92. The van der Waals surface area contributed by atoms with E-state index in [1.54, 1.807) is 29.9 Å². The number of hydrogen-bond donors (Lipinski definition) is 0. The van der Waals surface area contributed by atoms with Gasteiger partial charge in [0.05, 0.1) is 11.3 Å². The first-order valence-corrected chi connectivity index (χ1v) is 10.5. The van der Waals surface area contributed by atoms with E-state index in [-0.39, 0.29) is 17.7 Å². The third kappa shape index (κ3) is 3.78. The highest BCUT2D eigenvalue weighted by Crippen LogP contribution is 2.29. The fourth-order valence-electron chi connectivity index (χ4n) is 4.53. The van der Waals surface area contributed by atoms with Crippen molar-refractivity contribution in [2.75, 3.05) is 27.2 Å². The van der Waals surface area contributed by atoms with Crippen LogP contribution in [-0.4, -0.2) is 63.6 Å². The van der Waals surface area contributed by atoms with E-state index >= 15 is 0 Å². The minimum absolute atomic E-state index is 0.0505. The van der Waals surface area contributed by atoms with Gasteiger partial charge in [-0.1, -0.05) is 0 Å². The summed E-state index contributed by atoms with van der Waals surface area (Å²) < 4.78 is 1.78. The number of piperidine rings is 1. The molecule has 1 aliphatic heterocycles. The minimum atomic E-state index is -0.0505. The van der Waals surface area contributed by atoms with E-state index in [0.717, 1.165) is 67.7 Å². The Morgan fingerprint density at radius 2 is 1.93 bits per heavy atom. The first kappa shape index (κ1) is 19.6. The summed E-state index contributed by atoms with van der Waals surface area (Å²) in [5.74, 6) is 0.234. The van der Waals surface area contributed by atoms with Crippen molar-refractivity contribution < 1.29 is 9.59 Å². The van der Waals surface area contributed by atoms with Gasteiger partial charge in [-0.15, -0.1) is 0 Å². The Hall–Kier alpha value is -2.70. The summed E-state index contributed by atoms with van der Waals surface area (Å²) in [6.07, 6.45) is 7.81. The lowest BCUT2D eigenvalue weighted by Crippen LogP contribution is -2.40. The second kappa shape index (κ2) is 7.97. The zero-order valence-electron chi connectivity index (χ0n) is 17.5. The molecular formula is C22H29N5O2. The number of carbonyl (C=O) groups is 2. The number of fused-ring (bicyclic) bond motifs is 1. The van der Waals surface area contributed by atoms with Gasteiger partial charge < -0.3 is 9.80 Å². The third-order valence-electron chi connectivity index (χ3n) is 6.09. The zero-order chi connectivity index (χ0) is 20.5. The normalized spacial score (nSPS) is 19.0. The summed E-state index contributed by atoms with van der Waals surface area (Å²) in [6.45, 7) is 1.43. The lowest BCUT2D eigenvalue weighted by molar-refractivity contribution is 0.0693. The second-order valence-electron chi connectivity index (χ2n) is 8.37.